The van der Waals surface area contributed by atoms with Gasteiger partial charge in [0.05, 0.1) is 37.2 Å². The fraction of sp³-hybridized carbons (Fsp3) is 0.754. The number of allylic oxidation sites excluding steroid dienone is 2. The highest BCUT2D eigenvalue weighted by atomic mass is 32.2. The molecule has 6 unspecified atom stereocenters. The van der Waals surface area contributed by atoms with Crippen molar-refractivity contribution in [3.63, 3.8) is 0 Å². The second kappa shape index (κ2) is 47.6. The third kappa shape index (κ3) is 40.6. The number of ether oxygens (including phenoxy) is 1. The number of hydrogen-bond acceptors (Lipinski definition) is 16. The number of halogens is 6. The molecule has 5 aliphatic heterocycles. The van der Waals surface area contributed by atoms with E-state index in [4.69, 9.17) is 9.84 Å². The molecule has 2 aromatic rings. The minimum absolute atomic E-state index is 0.0246. The van der Waals surface area contributed by atoms with Crippen LogP contribution in [-0.4, -0.2) is 249 Å². The van der Waals surface area contributed by atoms with Crippen LogP contribution in [0.2, 0.25) is 0 Å². The zero-order chi connectivity index (χ0) is 72.7. The lowest BCUT2D eigenvalue weighted by Gasteiger charge is -2.59. The minimum Gasteiger partial charge on any atom is -0.396 e. The van der Waals surface area contributed by atoms with Gasteiger partial charge in [0.25, 0.3) is 21.9 Å². The summed E-state index contributed by atoms with van der Waals surface area (Å²) in [6.45, 7) is 22.2. The van der Waals surface area contributed by atoms with E-state index in [-0.39, 0.29) is 37.9 Å². The zero-order valence-corrected chi connectivity index (χ0v) is 62.0. The molecule has 3 saturated carbocycles. The Bertz CT molecular complexity index is 2640. The lowest BCUT2D eigenvalue weighted by Crippen LogP contribution is -2.51. The number of likely N-dealkylation sites (N-methyl/N-ethyl adjacent to an activating group) is 3. The number of piperidine rings is 1. The van der Waals surface area contributed by atoms with Crippen molar-refractivity contribution < 1.29 is 68.0 Å². The average Bonchev–Trinajstić information content (AvgIpc) is 0.924. The van der Waals surface area contributed by atoms with Gasteiger partial charge >= 0.3 is 12.4 Å². The Morgan fingerprint density at radius 1 is 0.708 bits per heavy atom. The smallest absolute Gasteiger partial charge is 0.396 e. The number of nitrogens with one attached hydrogen (secondary N) is 2. The number of nitrogens with zero attached hydrogens (tertiary/aromatic N) is 8. The molecule has 1 aromatic carbocycles. The fourth-order valence-corrected chi connectivity index (χ4v) is 12.3. The third-order valence-electron chi connectivity index (χ3n) is 17.7. The number of benzene rings is 1. The van der Waals surface area contributed by atoms with E-state index in [0.29, 0.717) is 16.5 Å². The van der Waals surface area contributed by atoms with Gasteiger partial charge in [-0.05, 0) is 159 Å². The van der Waals surface area contributed by atoms with Crippen molar-refractivity contribution in [2.24, 2.45) is 53.0 Å². The number of fused-ring (bicyclic) bond motifs is 3. The molecule has 4 amide bonds. The molecule has 11 rings (SSSR count). The number of imide groups is 1. The van der Waals surface area contributed by atoms with E-state index in [2.05, 4.69) is 109 Å². The topological polar surface area (TPSA) is 202 Å². The lowest BCUT2D eigenvalue weighted by atomic mass is 9.46. The molecule has 6 atom stereocenters. The number of aliphatic hydroxyl groups is 1. The number of rotatable bonds is 10. The first-order chi connectivity index (χ1) is 44.9. The minimum atomic E-state index is -4.46. The Morgan fingerprint density at radius 2 is 1.21 bits per heavy atom. The number of morpholine rings is 1. The van der Waals surface area contributed by atoms with E-state index in [0.717, 1.165) is 66.6 Å². The summed E-state index contributed by atoms with van der Waals surface area (Å²) in [6, 6.07) is 12.8. The number of thioether (sulfide) groups is 1. The lowest BCUT2D eigenvalue weighted by molar-refractivity contribution is -0.140. The Balaban J connectivity index is 0.000000541. The molecular formula is C69H120F6N10O9S2. The van der Waals surface area contributed by atoms with Crippen molar-refractivity contribution in [3.8, 4) is 0 Å². The van der Waals surface area contributed by atoms with Crippen LogP contribution in [-0.2, 0) is 35.7 Å². The van der Waals surface area contributed by atoms with Gasteiger partial charge in [0.1, 0.15) is 18.6 Å². The molecule has 9 aliphatic rings. The Kier molecular flexibility index (Phi) is 44.4. The van der Waals surface area contributed by atoms with Gasteiger partial charge in [-0.15, -0.1) is 11.8 Å². The first kappa shape index (κ1) is 89.6. The molecule has 2 bridgehead atoms. The number of carbonyl (C=O) groups is 4. The molecule has 19 nitrogen and oxygen atoms in total. The van der Waals surface area contributed by atoms with Crippen LogP contribution in [0.5, 0.6) is 0 Å². The number of amides is 4. The van der Waals surface area contributed by atoms with Gasteiger partial charge in [-0.3, -0.25) is 38.2 Å². The normalized spacial score (nSPS) is 22.4. The van der Waals surface area contributed by atoms with Gasteiger partial charge in [0, 0.05) is 103 Å². The molecular weight excluding hydrogens is 1290 g/mol. The monoisotopic (exact) mass is 1410 g/mol. The average molecular weight is 1410 g/mol. The maximum Gasteiger partial charge on any atom is 0.405 e. The summed E-state index contributed by atoms with van der Waals surface area (Å²) >= 11 is 2.01. The summed E-state index contributed by atoms with van der Waals surface area (Å²) in [5.41, 5.74) is 2.71. The van der Waals surface area contributed by atoms with Crippen molar-refractivity contribution in [2.45, 2.75) is 125 Å². The van der Waals surface area contributed by atoms with E-state index in [1.54, 1.807) is 41.9 Å². The van der Waals surface area contributed by atoms with Gasteiger partial charge in [-0.1, -0.05) is 84.7 Å². The maximum atomic E-state index is 11.8. The third-order valence-corrected chi connectivity index (χ3v) is 19.4. The van der Waals surface area contributed by atoms with E-state index < -0.39 is 59.2 Å². The molecule has 27 heteroatoms. The highest BCUT2D eigenvalue weighted by molar-refractivity contribution is 7.99. The van der Waals surface area contributed by atoms with Crippen molar-refractivity contribution in [1.29, 1.82) is 0 Å². The van der Waals surface area contributed by atoms with Crippen LogP contribution in [0.3, 0.4) is 0 Å². The number of hydrogen-bond donors (Lipinski definition) is 3. The van der Waals surface area contributed by atoms with E-state index in [1.165, 1.54) is 136 Å². The Labute approximate surface area is 576 Å². The fourth-order valence-electron chi connectivity index (χ4n) is 10.9. The zero-order valence-electron chi connectivity index (χ0n) is 60.4. The predicted octanol–water partition coefficient (Wildman–Crippen LogP) is 9.80. The number of aliphatic hydroxyl groups excluding tert-OH is 1. The van der Waals surface area contributed by atoms with E-state index >= 15 is 0 Å². The van der Waals surface area contributed by atoms with Crippen LogP contribution in [0, 0.1) is 40.9 Å². The van der Waals surface area contributed by atoms with Crippen molar-refractivity contribution in [3.05, 3.63) is 77.4 Å². The summed E-state index contributed by atoms with van der Waals surface area (Å²) in [5, 5.41) is 11.8. The van der Waals surface area contributed by atoms with Crippen molar-refractivity contribution in [1.82, 2.24) is 44.6 Å². The number of carbonyl (C=O) groups excluding carboxylic acids is 4. The summed E-state index contributed by atoms with van der Waals surface area (Å²) in [7, 11) is 12.5. The molecule has 4 saturated heterocycles. The molecule has 0 radical (unpaired) electrons. The number of alkyl halides is 6. The second-order valence-electron chi connectivity index (χ2n) is 26.7. The molecule has 4 aliphatic carbocycles. The molecule has 3 N–H and O–H groups in total. The van der Waals surface area contributed by atoms with Gasteiger partial charge in [-0.25, -0.2) is 0 Å². The van der Waals surface area contributed by atoms with Crippen LogP contribution in [0.15, 0.2) is 65.8 Å². The van der Waals surface area contributed by atoms with Crippen LogP contribution >= 0.6 is 11.8 Å². The van der Waals surface area contributed by atoms with Crippen molar-refractivity contribution >= 4 is 45.5 Å². The highest BCUT2D eigenvalue weighted by Gasteiger charge is 2.52. The molecule has 1 aromatic heterocycles. The summed E-state index contributed by atoms with van der Waals surface area (Å²) in [6.07, 6.45) is 11.6. The molecule has 554 valence electrons. The molecule has 7 fully saturated rings. The predicted molar refractivity (Wildman–Crippen MR) is 374 cm³/mol. The number of aryl methyl sites for hydroxylation is 1. The van der Waals surface area contributed by atoms with Crippen molar-refractivity contribution in [2.75, 3.05) is 166 Å². The van der Waals surface area contributed by atoms with Crippen LogP contribution in [0.4, 0.5) is 26.3 Å². The summed E-state index contributed by atoms with van der Waals surface area (Å²) in [4.78, 5) is 61.5. The van der Waals surface area contributed by atoms with Gasteiger partial charge in [0.2, 0.25) is 11.8 Å². The van der Waals surface area contributed by atoms with Gasteiger partial charge in [-0.2, -0.15) is 34.8 Å². The van der Waals surface area contributed by atoms with Crippen LogP contribution in [0.25, 0.3) is 0 Å². The number of piperazine rings is 1. The van der Waals surface area contributed by atoms with E-state index in [9.17, 15) is 53.9 Å². The first-order valence-electron chi connectivity index (χ1n) is 33.8. The SMILES string of the molecule is CC(CCO)C(=O)NCC(F)(F)F.CC(CCOS(C)(=O)=O)C(=O)NCC(F)(F)F.CC1CC=CCC1.CC1CCC2CC1C2(C)C.CN1C(=O)c2ccccc2C1=O.CN1CCCCC1.CN1CCN(C)CC1.CN1CCOCC1.CN1CCSC1.CN=c1ccccn1C. The maximum absolute atomic E-state index is 11.8. The molecule has 0 spiro atoms. The van der Waals surface area contributed by atoms with Gasteiger partial charge < -0.3 is 44.6 Å². The quantitative estimate of drug-likeness (QED) is 0.0878. The number of likely N-dealkylation sites (tertiary alicyclic amines) is 1. The number of pyridine rings is 1. The largest absolute Gasteiger partial charge is 0.405 e. The standard InChI is InChI=1S/C10H18.C9H7NO2.C8H14F3NO4S.C7H12F3NO2.C7H10N2.C7H12.C6H14N2.C6H13N.C5H11NO.C4H9NS/c1-7-4-5-8-6-9(7)10(8,2)3;1-10-8(11)6-4-2-3-5-7(6)9(10)12;1-6(3-4-16-17(2,14)15)7(13)12-5-8(9,10)11;1-5(2-3-12)6(13)11-4-7(8,9)10;1-8-7-5-3-4-6-9(7)2;1-7-5-3-2-4-6-7;1-7-3-5-8(2)6-4-7;1-7-5-3-2-4-6-7;1-6-2-4-7-5-3-6;1-5-2-3-6-4-5/h7-9H,4-6H2,1-3H3;2-5H,1H3;6H,3-5H2,1-2H3,(H,12,13);5,12H,2-4H2,1H3,(H,11,13);3-6H,1-2H3;2-3,7H,4-6H2,1H3;3-6H2,1-2H3;2-6H2,1H3;2-5H2,1H3;2-4H2,1H3. The Hall–Kier alpha value is -4.45. The summed E-state index contributed by atoms with van der Waals surface area (Å²) in [5.74, 6) is 3.42. The van der Waals surface area contributed by atoms with E-state index in [1.807, 2.05) is 47.8 Å². The van der Waals surface area contributed by atoms with Crippen LogP contribution < -0.4 is 16.1 Å². The summed E-state index contributed by atoms with van der Waals surface area (Å²) < 4.78 is 103. The van der Waals surface area contributed by atoms with Gasteiger partial charge in [0.15, 0.2) is 0 Å². The Morgan fingerprint density at radius 3 is 1.52 bits per heavy atom. The van der Waals surface area contributed by atoms with Crippen LogP contribution in [0.1, 0.15) is 133 Å². The molecule has 6 heterocycles. The highest BCUT2D eigenvalue weighted by Crippen LogP contribution is 2.61. The second-order valence-corrected chi connectivity index (χ2v) is 29.4. The molecule has 96 heavy (non-hydrogen) atoms. The first-order valence-corrected chi connectivity index (χ1v) is 36.7. The number of aromatic nitrogens is 1.